The van der Waals surface area contributed by atoms with Gasteiger partial charge in [0.05, 0.1) is 29.3 Å². The second-order valence-electron chi connectivity index (χ2n) is 7.16. The Kier molecular flexibility index (Phi) is 6.44. The van der Waals surface area contributed by atoms with Crippen LogP contribution in [0.15, 0.2) is 58.5 Å². The summed E-state index contributed by atoms with van der Waals surface area (Å²) in [5, 5.41) is 3.84. The summed E-state index contributed by atoms with van der Waals surface area (Å²) < 4.78 is 20.3. The number of nitrogens with zero attached hydrogens (tertiary/aromatic N) is 2. The summed E-state index contributed by atoms with van der Waals surface area (Å²) in [6, 6.07) is 13.1. The highest BCUT2D eigenvalue weighted by Crippen LogP contribution is 2.19. The number of carbonyl (C=O) groups excluding carboxylic acids is 1. The van der Waals surface area contributed by atoms with Gasteiger partial charge in [0, 0.05) is 13.2 Å². The van der Waals surface area contributed by atoms with Gasteiger partial charge in [-0.1, -0.05) is 36.0 Å². The summed E-state index contributed by atoms with van der Waals surface area (Å²) in [5.41, 5.74) is 1.17. The fourth-order valence-electron chi connectivity index (χ4n) is 3.38. The molecule has 0 saturated carbocycles. The molecule has 1 atom stereocenters. The first kappa shape index (κ1) is 20.6. The molecule has 156 valence electrons. The zero-order valence-electron chi connectivity index (χ0n) is 16.3. The molecule has 3 aromatic rings. The highest BCUT2D eigenvalue weighted by molar-refractivity contribution is 7.99. The van der Waals surface area contributed by atoms with E-state index in [1.807, 2.05) is 6.07 Å². The normalized spacial score (nSPS) is 16.1. The van der Waals surface area contributed by atoms with Gasteiger partial charge in [-0.15, -0.1) is 0 Å². The highest BCUT2D eigenvalue weighted by atomic mass is 32.2. The minimum absolute atomic E-state index is 0.0781. The van der Waals surface area contributed by atoms with Crippen LogP contribution in [-0.4, -0.2) is 40.5 Å². The number of amides is 1. The second kappa shape index (κ2) is 9.40. The number of thioether (sulfide) groups is 1. The first-order valence-corrected chi connectivity index (χ1v) is 10.8. The summed E-state index contributed by atoms with van der Waals surface area (Å²) in [4.78, 5) is 30.0. The second-order valence-corrected chi connectivity index (χ2v) is 8.10. The quantitative estimate of drug-likeness (QED) is 0.464. The number of nitrogens with one attached hydrogen (secondary N) is 1. The SMILES string of the molecule is O=C(CSc1nc2ccccc2c(=O)n1Cc1ccc(F)cc1)NC[C@H]1CCCO1. The molecule has 0 unspecified atom stereocenters. The number of aromatic nitrogens is 2. The molecule has 8 heteroatoms. The molecule has 0 aliphatic carbocycles. The lowest BCUT2D eigenvalue weighted by molar-refractivity contribution is -0.119. The molecule has 0 bridgehead atoms. The van der Waals surface area contributed by atoms with E-state index in [1.54, 1.807) is 30.3 Å². The van der Waals surface area contributed by atoms with Gasteiger partial charge < -0.3 is 10.1 Å². The topological polar surface area (TPSA) is 73.2 Å². The van der Waals surface area contributed by atoms with E-state index in [0.29, 0.717) is 22.6 Å². The van der Waals surface area contributed by atoms with E-state index in [2.05, 4.69) is 10.3 Å². The average molecular weight is 428 g/mol. The van der Waals surface area contributed by atoms with Gasteiger partial charge in [0.25, 0.3) is 5.56 Å². The fourth-order valence-corrected chi connectivity index (χ4v) is 4.21. The Hall–Kier alpha value is -2.71. The van der Waals surface area contributed by atoms with Crippen molar-refractivity contribution in [1.29, 1.82) is 0 Å². The van der Waals surface area contributed by atoms with Crippen molar-refractivity contribution in [3.8, 4) is 0 Å². The van der Waals surface area contributed by atoms with Gasteiger partial charge in [0.2, 0.25) is 5.91 Å². The van der Waals surface area contributed by atoms with E-state index in [4.69, 9.17) is 4.74 Å². The Balaban J connectivity index is 1.54. The first-order chi connectivity index (χ1) is 14.6. The Morgan fingerprint density at radius 2 is 2.03 bits per heavy atom. The maximum atomic E-state index is 13.2. The van der Waals surface area contributed by atoms with E-state index in [1.165, 1.54) is 28.5 Å². The van der Waals surface area contributed by atoms with Crippen LogP contribution in [0.4, 0.5) is 4.39 Å². The number of carbonyl (C=O) groups is 1. The lowest BCUT2D eigenvalue weighted by Crippen LogP contribution is -2.33. The van der Waals surface area contributed by atoms with Crippen LogP contribution in [0.25, 0.3) is 10.9 Å². The van der Waals surface area contributed by atoms with Crippen molar-refractivity contribution >= 4 is 28.6 Å². The van der Waals surface area contributed by atoms with Crippen LogP contribution in [-0.2, 0) is 16.1 Å². The van der Waals surface area contributed by atoms with Gasteiger partial charge in [0.15, 0.2) is 5.16 Å². The molecule has 4 rings (SSSR count). The molecule has 2 aromatic carbocycles. The van der Waals surface area contributed by atoms with Crippen molar-refractivity contribution in [3.63, 3.8) is 0 Å². The smallest absolute Gasteiger partial charge is 0.262 e. The maximum Gasteiger partial charge on any atom is 0.262 e. The van der Waals surface area contributed by atoms with Crippen LogP contribution < -0.4 is 10.9 Å². The number of rotatable bonds is 7. The first-order valence-electron chi connectivity index (χ1n) is 9.85. The molecule has 1 aliphatic rings. The molecule has 30 heavy (non-hydrogen) atoms. The number of hydrogen-bond donors (Lipinski definition) is 1. The average Bonchev–Trinajstić information content (AvgIpc) is 3.28. The van der Waals surface area contributed by atoms with Crippen molar-refractivity contribution < 1.29 is 13.9 Å². The summed E-state index contributed by atoms with van der Waals surface area (Å²) in [7, 11) is 0. The van der Waals surface area contributed by atoms with Crippen LogP contribution in [0.2, 0.25) is 0 Å². The fraction of sp³-hybridized carbons (Fsp3) is 0.318. The largest absolute Gasteiger partial charge is 0.376 e. The van der Waals surface area contributed by atoms with Crippen LogP contribution >= 0.6 is 11.8 Å². The van der Waals surface area contributed by atoms with E-state index >= 15 is 0 Å². The number of hydrogen-bond acceptors (Lipinski definition) is 5. The molecule has 6 nitrogen and oxygen atoms in total. The summed E-state index contributed by atoms with van der Waals surface area (Å²) in [5.74, 6) is -0.326. The van der Waals surface area contributed by atoms with Gasteiger partial charge in [0.1, 0.15) is 5.82 Å². The van der Waals surface area contributed by atoms with Crippen molar-refractivity contribution in [2.24, 2.45) is 0 Å². The number of benzene rings is 2. The summed E-state index contributed by atoms with van der Waals surface area (Å²) >= 11 is 1.21. The van der Waals surface area contributed by atoms with Crippen LogP contribution in [0.5, 0.6) is 0 Å². The number of ether oxygens (including phenoxy) is 1. The summed E-state index contributed by atoms with van der Waals surface area (Å²) in [6.45, 7) is 1.48. The molecule has 1 aliphatic heterocycles. The minimum atomic E-state index is -0.333. The van der Waals surface area contributed by atoms with Gasteiger partial charge in [-0.2, -0.15) is 0 Å². The highest BCUT2D eigenvalue weighted by Gasteiger charge is 2.17. The molecule has 0 spiro atoms. The van der Waals surface area contributed by atoms with Crippen molar-refractivity contribution in [2.75, 3.05) is 18.9 Å². The minimum Gasteiger partial charge on any atom is -0.376 e. The molecule has 0 radical (unpaired) electrons. The zero-order chi connectivity index (χ0) is 20.9. The molecule has 1 N–H and O–H groups in total. The summed E-state index contributed by atoms with van der Waals surface area (Å²) in [6.07, 6.45) is 2.05. The van der Waals surface area contributed by atoms with Crippen LogP contribution in [0, 0.1) is 5.82 Å². The Morgan fingerprint density at radius 3 is 2.80 bits per heavy atom. The van der Waals surface area contributed by atoms with Gasteiger partial charge in [-0.3, -0.25) is 14.2 Å². The van der Waals surface area contributed by atoms with Crippen LogP contribution in [0.3, 0.4) is 0 Å². The van der Waals surface area contributed by atoms with Gasteiger partial charge in [-0.25, -0.2) is 9.37 Å². The predicted octanol–water partition coefficient (Wildman–Crippen LogP) is 2.97. The van der Waals surface area contributed by atoms with Gasteiger partial charge >= 0.3 is 0 Å². The van der Waals surface area contributed by atoms with Crippen LogP contribution in [0.1, 0.15) is 18.4 Å². The third kappa shape index (κ3) is 4.88. The van der Waals surface area contributed by atoms with E-state index in [0.717, 1.165) is 25.0 Å². The maximum absolute atomic E-state index is 13.2. The Morgan fingerprint density at radius 1 is 1.23 bits per heavy atom. The Labute approximate surface area is 177 Å². The molecule has 1 amide bonds. The number of fused-ring (bicyclic) bond motifs is 1. The third-order valence-corrected chi connectivity index (χ3v) is 5.94. The van der Waals surface area contributed by atoms with Crippen molar-refractivity contribution in [2.45, 2.75) is 30.6 Å². The monoisotopic (exact) mass is 427 g/mol. The molecular weight excluding hydrogens is 405 g/mol. The van der Waals surface area contributed by atoms with Gasteiger partial charge in [-0.05, 0) is 42.7 Å². The lowest BCUT2D eigenvalue weighted by Gasteiger charge is -2.14. The lowest BCUT2D eigenvalue weighted by atomic mass is 10.2. The standard InChI is InChI=1S/C22H22FN3O3S/c23-16-9-7-15(8-10-16)13-26-21(28)18-5-1-2-6-19(18)25-22(26)30-14-20(27)24-12-17-4-3-11-29-17/h1-2,5-10,17H,3-4,11-14H2,(H,24,27)/t17-/m1/s1. The third-order valence-electron chi connectivity index (χ3n) is 4.96. The number of halogens is 1. The molecular formula is C22H22FN3O3S. The van der Waals surface area contributed by atoms with E-state index < -0.39 is 0 Å². The molecule has 1 saturated heterocycles. The Bertz CT molecular complexity index is 1090. The van der Waals surface area contributed by atoms with E-state index in [9.17, 15) is 14.0 Å². The molecule has 1 aromatic heterocycles. The van der Waals surface area contributed by atoms with E-state index in [-0.39, 0.29) is 35.7 Å². The molecule has 2 heterocycles. The molecule has 1 fully saturated rings. The number of para-hydroxylation sites is 1. The predicted molar refractivity (Wildman–Crippen MR) is 114 cm³/mol. The van der Waals surface area contributed by atoms with Crippen molar-refractivity contribution in [3.05, 3.63) is 70.3 Å². The van der Waals surface area contributed by atoms with Crippen molar-refractivity contribution in [1.82, 2.24) is 14.9 Å². The zero-order valence-corrected chi connectivity index (χ0v) is 17.2.